The van der Waals surface area contributed by atoms with Gasteiger partial charge in [0.05, 0.1) is 17.9 Å². The molecule has 0 fully saturated rings. The molecule has 1 amide bonds. The highest BCUT2D eigenvalue weighted by molar-refractivity contribution is 6.00. The predicted octanol–water partition coefficient (Wildman–Crippen LogP) is 3.27. The van der Waals surface area contributed by atoms with Gasteiger partial charge in [-0.3, -0.25) is 9.78 Å². The van der Waals surface area contributed by atoms with Crippen molar-refractivity contribution in [2.75, 3.05) is 6.61 Å². The third-order valence-corrected chi connectivity index (χ3v) is 3.10. The van der Waals surface area contributed by atoms with Gasteiger partial charge in [0.15, 0.2) is 0 Å². The van der Waals surface area contributed by atoms with Crippen LogP contribution in [0.4, 0.5) is 0 Å². The second kappa shape index (κ2) is 8.08. The van der Waals surface area contributed by atoms with Crippen LogP contribution in [0.15, 0.2) is 53.9 Å². The average Bonchev–Trinajstić information content (AvgIpc) is 2.58. The molecule has 0 aliphatic rings. The lowest BCUT2D eigenvalue weighted by Crippen LogP contribution is -2.19. The summed E-state index contributed by atoms with van der Waals surface area (Å²) in [6, 6.07) is 11.0. The van der Waals surface area contributed by atoms with Crippen LogP contribution in [0.2, 0.25) is 0 Å². The average molecular weight is 311 g/mol. The minimum absolute atomic E-state index is 0.283. The van der Waals surface area contributed by atoms with Crippen molar-refractivity contribution < 1.29 is 9.53 Å². The monoisotopic (exact) mass is 311 g/mol. The van der Waals surface area contributed by atoms with E-state index in [0.717, 1.165) is 17.0 Å². The van der Waals surface area contributed by atoms with E-state index in [-0.39, 0.29) is 5.91 Å². The van der Waals surface area contributed by atoms with Gasteiger partial charge in [-0.05, 0) is 54.8 Å². The Morgan fingerprint density at radius 2 is 1.96 bits per heavy atom. The second-order valence-corrected chi connectivity index (χ2v) is 5.61. The fourth-order valence-electron chi connectivity index (χ4n) is 1.82. The number of hydrogen-bond donors (Lipinski definition) is 1. The number of hydrazone groups is 1. The zero-order valence-corrected chi connectivity index (χ0v) is 13.6. The van der Waals surface area contributed by atoms with Crippen LogP contribution < -0.4 is 10.2 Å². The van der Waals surface area contributed by atoms with Crippen molar-refractivity contribution in [2.24, 2.45) is 11.0 Å². The summed E-state index contributed by atoms with van der Waals surface area (Å²) >= 11 is 0. The van der Waals surface area contributed by atoms with E-state index in [1.807, 2.05) is 31.2 Å². The van der Waals surface area contributed by atoms with E-state index < -0.39 is 0 Å². The summed E-state index contributed by atoms with van der Waals surface area (Å²) in [7, 11) is 0. The summed E-state index contributed by atoms with van der Waals surface area (Å²) in [5.41, 5.74) is 4.65. The third kappa shape index (κ3) is 5.21. The molecule has 0 unspecified atom stereocenters. The number of carbonyl (C=O) groups excluding carboxylic acids is 1. The number of benzene rings is 1. The normalized spacial score (nSPS) is 11.4. The van der Waals surface area contributed by atoms with Crippen LogP contribution in [0.5, 0.6) is 5.75 Å². The molecule has 0 aliphatic carbocycles. The Morgan fingerprint density at radius 3 is 2.57 bits per heavy atom. The summed E-state index contributed by atoms with van der Waals surface area (Å²) in [4.78, 5) is 15.8. The minimum atomic E-state index is -0.283. The zero-order chi connectivity index (χ0) is 16.7. The Kier molecular flexibility index (Phi) is 5.86. The Hall–Kier alpha value is -2.69. The van der Waals surface area contributed by atoms with Gasteiger partial charge in [-0.25, -0.2) is 5.43 Å². The van der Waals surface area contributed by atoms with Gasteiger partial charge in [0.25, 0.3) is 5.91 Å². The molecule has 0 saturated carbocycles. The first-order valence-corrected chi connectivity index (χ1v) is 7.54. The van der Waals surface area contributed by atoms with Crippen LogP contribution in [0.3, 0.4) is 0 Å². The largest absolute Gasteiger partial charge is 0.493 e. The topological polar surface area (TPSA) is 63.6 Å². The van der Waals surface area contributed by atoms with E-state index in [2.05, 4.69) is 29.4 Å². The van der Waals surface area contributed by atoms with E-state index in [4.69, 9.17) is 4.74 Å². The summed E-state index contributed by atoms with van der Waals surface area (Å²) in [6.45, 7) is 6.74. The highest BCUT2D eigenvalue weighted by atomic mass is 16.5. The fourth-order valence-corrected chi connectivity index (χ4v) is 1.82. The first-order chi connectivity index (χ1) is 11.1. The number of nitrogens with zero attached hydrogens (tertiary/aromatic N) is 2. The molecular weight excluding hydrogens is 290 g/mol. The molecule has 0 atom stereocenters. The van der Waals surface area contributed by atoms with Crippen molar-refractivity contribution in [1.82, 2.24) is 10.4 Å². The molecule has 0 radical (unpaired) electrons. The maximum absolute atomic E-state index is 11.9. The van der Waals surface area contributed by atoms with Gasteiger partial charge in [0.1, 0.15) is 5.75 Å². The zero-order valence-electron chi connectivity index (χ0n) is 13.6. The molecule has 0 spiro atoms. The van der Waals surface area contributed by atoms with Gasteiger partial charge in [0, 0.05) is 12.4 Å². The lowest BCUT2D eigenvalue weighted by Gasteiger charge is -2.09. The highest BCUT2D eigenvalue weighted by Gasteiger charge is 2.05. The predicted molar refractivity (Wildman–Crippen MR) is 90.7 cm³/mol. The second-order valence-electron chi connectivity index (χ2n) is 5.61. The standard InChI is InChI=1S/C18H21N3O2/c1-13(2)12-23-17-8-6-15(7-9-17)14(3)20-21-18(22)16-5-4-10-19-11-16/h4-11,13H,12H2,1-3H3,(H,21,22). The SMILES string of the molecule is CC(=NNC(=O)c1cccnc1)c1ccc(OCC(C)C)cc1. The number of aromatic nitrogens is 1. The van der Waals surface area contributed by atoms with Crippen molar-refractivity contribution >= 4 is 11.6 Å². The Morgan fingerprint density at radius 1 is 1.22 bits per heavy atom. The summed E-state index contributed by atoms with van der Waals surface area (Å²) in [6.07, 6.45) is 3.12. The van der Waals surface area contributed by atoms with Gasteiger partial charge < -0.3 is 4.74 Å². The number of rotatable bonds is 6. The first kappa shape index (κ1) is 16.7. The quantitative estimate of drug-likeness (QED) is 0.658. The smallest absolute Gasteiger partial charge is 0.272 e. The van der Waals surface area contributed by atoms with E-state index in [1.54, 1.807) is 18.3 Å². The molecule has 1 heterocycles. The molecule has 1 aromatic heterocycles. The van der Waals surface area contributed by atoms with E-state index in [1.165, 1.54) is 6.20 Å². The van der Waals surface area contributed by atoms with Crippen molar-refractivity contribution in [3.05, 3.63) is 59.9 Å². The first-order valence-electron chi connectivity index (χ1n) is 7.54. The molecule has 1 aromatic carbocycles. The van der Waals surface area contributed by atoms with Crippen LogP contribution in [-0.2, 0) is 0 Å². The van der Waals surface area contributed by atoms with Crippen LogP contribution in [0.25, 0.3) is 0 Å². The molecule has 2 aromatic rings. The fraction of sp³-hybridized carbons (Fsp3) is 0.278. The van der Waals surface area contributed by atoms with Crippen LogP contribution in [0.1, 0.15) is 36.7 Å². The molecule has 0 bridgehead atoms. The number of pyridine rings is 1. The van der Waals surface area contributed by atoms with Gasteiger partial charge in [-0.1, -0.05) is 13.8 Å². The molecule has 0 saturated heterocycles. The van der Waals surface area contributed by atoms with Gasteiger partial charge in [0.2, 0.25) is 0 Å². The molecular formula is C18H21N3O2. The Labute approximate surface area is 136 Å². The number of carbonyl (C=O) groups is 1. The van der Waals surface area contributed by atoms with Crippen LogP contribution >= 0.6 is 0 Å². The number of hydrogen-bond acceptors (Lipinski definition) is 4. The van der Waals surface area contributed by atoms with Crippen molar-refractivity contribution in [3.8, 4) is 5.75 Å². The summed E-state index contributed by atoms with van der Waals surface area (Å²) in [5, 5.41) is 4.12. The van der Waals surface area contributed by atoms with E-state index >= 15 is 0 Å². The van der Waals surface area contributed by atoms with Gasteiger partial charge >= 0.3 is 0 Å². The number of amides is 1. The van der Waals surface area contributed by atoms with Crippen molar-refractivity contribution in [1.29, 1.82) is 0 Å². The van der Waals surface area contributed by atoms with Gasteiger partial charge in [-0.2, -0.15) is 5.10 Å². The van der Waals surface area contributed by atoms with E-state index in [9.17, 15) is 4.79 Å². The number of ether oxygens (including phenoxy) is 1. The third-order valence-electron chi connectivity index (χ3n) is 3.10. The van der Waals surface area contributed by atoms with Gasteiger partial charge in [-0.15, -0.1) is 0 Å². The maximum atomic E-state index is 11.9. The van der Waals surface area contributed by atoms with Crippen molar-refractivity contribution in [2.45, 2.75) is 20.8 Å². The van der Waals surface area contributed by atoms with Crippen molar-refractivity contribution in [3.63, 3.8) is 0 Å². The summed E-state index contributed by atoms with van der Waals surface area (Å²) < 4.78 is 5.64. The van der Waals surface area contributed by atoms with Crippen LogP contribution in [-0.4, -0.2) is 23.2 Å². The lowest BCUT2D eigenvalue weighted by molar-refractivity contribution is 0.0954. The molecule has 120 valence electrons. The Bertz CT molecular complexity index is 664. The molecule has 5 nitrogen and oxygen atoms in total. The molecule has 1 N–H and O–H groups in total. The highest BCUT2D eigenvalue weighted by Crippen LogP contribution is 2.13. The molecule has 23 heavy (non-hydrogen) atoms. The maximum Gasteiger partial charge on any atom is 0.272 e. The minimum Gasteiger partial charge on any atom is -0.493 e. The molecule has 5 heteroatoms. The lowest BCUT2D eigenvalue weighted by atomic mass is 10.1. The van der Waals surface area contributed by atoms with Crippen LogP contribution in [0, 0.1) is 5.92 Å². The Balaban J connectivity index is 1.96. The number of nitrogens with one attached hydrogen (secondary N) is 1. The van der Waals surface area contributed by atoms with E-state index in [0.29, 0.717) is 18.1 Å². The molecule has 0 aliphatic heterocycles. The summed E-state index contributed by atoms with van der Waals surface area (Å²) in [5.74, 6) is 1.03. The molecule has 2 rings (SSSR count).